The lowest BCUT2D eigenvalue weighted by Gasteiger charge is -2.37. The zero-order valence-electron chi connectivity index (χ0n) is 14.3. The van der Waals surface area contributed by atoms with E-state index in [1.807, 2.05) is 13.8 Å². The summed E-state index contributed by atoms with van der Waals surface area (Å²) in [5.74, 6) is -0.705. The molecule has 3 rings (SSSR count). The van der Waals surface area contributed by atoms with Crippen LogP contribution in [0.2, 0.25) is 0 Å². The smallest absolute Gasteiger partial charge is 0.243 e. The molecule has 2 saturated heterocycles. The lowest BCUT2D eigenvalue weighted by Crippen LogP contribution is -2.47. The van der Waals surface area contributed by atoms with Gasteiger partial charge in [0.15, 0.2) is 0 Å². The predicted molar refractivity (Wildman–Crippen MR) is 94.1 cm³/mol. The number of sulfonamides is 2. The summed E-state index contributed by atoms with van der Waals surface area (Å²) in [5.41, 5.74) is 0.182. The first-order chi connectivity index (χ1) is 11.6. The van der Waals surface area contributed by atoms with E-state index in [0.29, 0.717) is 0 Å². The molecule has 2 aliphatic rings. The third-order valence-corrected chi connectivity index (χ3v) is 8.67. The zero-order valence-corrected chi connectivity index (χ0v) is 15.9. The minimum absolute atomic E-state index is 0.0504. The fraction of sp³-hybridized carbons (Fsp3) is 0.562. The normalized spacial score (nSPS) is 27.6. The van der Waals surface area contributed by atoms with E-state index < -0.39 is 26.0 Å². The summed E-state index contributed by atoms with van der Waals surface area (Å²) in [6.45, 7) is 3.80. The monoisotopic (exact) mass is 386 g/mol. The van der Waals surface area contributed by atoms with E-state index in [2.05, 4.69) is 0 Å². The summed E-state index contributed by atoms with van der Waals surface area (Å²) in [5, 5.41) is 0. The molecule has 7 nitrogen and oxygen atoms in total. The molecule has 2 unspecified atom stereocenters. The molecule has 1 aromatic carbocycles. The van der Waals surface area contributed by atoms with Gasteiger partial charge in [0.05, 0.1) is 16.3 Å². The molecule has 0 aromatic heterocycles. The molecule has 0 spiro atoms. The topological polar surface area (TPSA) is 91.8 Å². The van der Waals surface area contributed by atoms with Crippen LogP contribution in [0.5, 0.6) is 0 Å². The first-order valence-corrected chi connectivity index (χ1v) is 11.4. The number of piperidine rings is 1. The number of hydrogen-bond acceptors (Lipinski definition) is 5. The molecule has 138 valence electrons. The Morgan fingerprint density at radius 1 is 1.04 bits per heavy atom. The Balaban J connectivity index is 1.93. The van der Waals surface area contributed by atoms with Gasteiger partial charge in [0.2, 0.25) is 26.0 Å². The van der Waals surface area contributed by atoms with Crippen LogP contribution in [0.25, 0.3) is 0 Å². The van der Waals surface area contributed by atoms with Crippen LogP contribution in [0, 0.1) is 0 Å². The number of carbonyl (C=O) groups is 1. The zero-order chi connectivity index (χ0) is 18.4. The van der Waals surface area contributed by atoms with Crippen molar-refractivity contribution in [2.75, 3.05) is 10.1 Å². The standard InChI is InChI=1S/C16H22N2O5S2/c1-12-4-3-5-13(2)17(12)25(22,23)15-8-6-14(7-9-15)18-16(19)10-11-24(18,20)21/h6-9,12-13H,3-5,10-11H2,1-2H3. The van der Waals surface area contributed by atoms with E-state index in [-0.39, 0.29) is 34.8 Å². The second-order valence-electron chi connectivity index (χ2n) is 6.68. The van der Waals surface area contributed by atoms with Crippen molar-refractivity contribution in [3.05, 3.63) is 24.3 Å². The summed E-state index contributed by atoms with van der Waals surface area (Å²) in [6, 6.07) is 5.36. The quantitative estimate of drug-likeness (QED) is 0.788. The van der Waals surface area contributed by atoms with E-state index >= 15 is 0 Å². The number of benzene rings is 1. The number of nitrogens with zero attached hydrogens (tertiary/aromatic N) is 2. The molecule has 25 heavy (non-hydrogen) atoms. The van der Waals surface area contributed by atoms with Crippen molar-refractivity contribution in [1.82, 2.24) is 4.31 Å². The Bertz CT molecular complexity index is 868. The average Bonchev–Trinajstić information content (AvgIpc) is 2.80. The van der Waals surface area contributed by atoms with E-state index in [1.165, 1.54) is 28.6 Å². The Labute approximate surface area is 148 Å². The lowest BCUT2D eigenvalue weighted by atomic mass is 10.0. The predicted octanol–water partition coefficient (Wildman–Crippen LogP) is 1.70. The molecule has 0 radical (unpaired) electrons. The molecular formula is C16H22N2O5S2. The van der Waals surface area contributed by atoms with Crippen LogP contribution in [0.4, 0.5) is 5.69 Å². The van der Waals surface area contributed by atoms with Crippen molar-refractivity contribution >= 4 is 31.6 Å². The molecule has 0 bridgehead atoms. The molecular weight excluding hydrogens is 364 g/mol. The van der Waals surface area contributed by atoms with Crippen LogP contribution in [0.3, 0.4) is 0 Å². The van der Waals surface area contributed by atoms with E-state index in [4.69, 9.17) is 0 Å². The maximum atomic E-state index is 13.0. The largest absolute Gasteiger partial charge is 0.273 e. The molecule has 0 saturated carbocycles. The van der Waals surface area contributed by atoms with Gasteiger partial charge in [0.25, 0.3) is 0 Å². The third-order valence-electron chi connectivity index (χ3n) is 4.84. The second kappa shape index (κ2) is 6.37. The van der Waals surface area contributed by atoms with Gasteiger partial charge in [-0.15, -0.1) is 0 Å². The van der Waals surface area contributed by atoms with Crippen molar-refractivity contribution in [2.24, 2.45) is 0 Å². The highest BCUT2D eigenvalue weighted by Crippen LogP contribution is 2.31. The van der Waals surface area contributed by atoms with Gasteiger partial charge in [-0.3, -0.25) is 4.79 Å². The van der Waals surface area contributed by atoms with Gasteiger partial charge in [0, 0.05) is 18.5 Å². The van der Waals surface area contributed by atoms with E-state index in [0.717, 1.165) is 23.6 Å². The highest BCUT2D eigenvalue weighted by Gasteiger charge is 2.38. The van der Waals surface area contributed by atoms with E-state index in [9.17, 15) is 21.6 Å². The summed E-state index contributed by atoms with van der Waals surface area (Å²) in [4.78, 5) is 11.9. The molecule has 1 aromatic rings. The van der Waals surface area contributed by atoms with Crippen molar-refractivity contribution in [3.8, 4) is 0 Å². The van der Waals surface area contributed by atoms with Gasteiger partial charge < -0.3 is 0 Å². The molecule has 2 fully saturated rings. The Morgan fingerprint density at radius 3 is 2.08 bits per heavy atom. The molecule has 0 aliphatic carbocycles. The number of anilines is 1. The lowest BCUT2D eigenvalue weighted by molar-refractivity contribution is -0.116. The molecule has 2 heterocycles. The summed E-state index contributed by atoms with van der Waals surface area (Å²) >= 11 is 0. The first-order valence-electron chi connectivity index (χ1n) is 8.34. The molecule has 0 N–H and O–H groups in total. The molecule has 2 atom stereocenters. The van der Waals surface area contributed by atoms with Gasteiger partial charge in [-0.25, -0.2) is 21.1 Å². The van der Waals surface area contributed by atoms with E-state index in [1.54, 1.807) is 0 Å². The molecule has 9 heteroatoms. The molecule has 2 aliphatic heterocycles. The van der Waals surface area contributed by atoms with Crippen LogP contribution in [-0.2, 0) is 24.8 Å². The summed E-state index contributed by atoms with van der Waals surface area (Å²) in [7, 11) is -7.31. The highest BCUT2D eigenvalue weighted by molar-refractivity contribution is 7.94. The Morgan fingerprint density at radius 2 is 1.60 bits per heavy atom. The Kier molecular flexibility index (Phi) is 4.67. The summed E-state index contributed by atoms with van der Waals surface area (Å²) in [6.07, 6.45) is 2.60. The van der Waals surface area contributed by atoms with Crippen LogP contribution >= 0.6 is 0 Å². The van der Waals surface area contributed by atoms with Crippen molar-refractivity contribution in [1.29, 1.82) is 0 Å². The number of amides is 1. The van der Waals surface area contributed by atoms with Crippen molar-refractivity contribution in [2.45, 2.75) is 56.5 Å². The molecule has 1 amide bonds. The van der Waals surface area contributed by atoms with Crippen LogP contribution < -0.4 is 4.31 Å². The van der Waals surface area contributed by atoms with Crippen molar-refractivity contribution in [3.63, 3.8) is 0 Å². The third kappa shape index (κ3) is 3.20. The minimum atomic E-state index is -3.66. The SMILES string of the molecule is CC1CCCC(C)N1S(=O)(=O)c1ccc(N2C(=O)CCS2(=O)=O)cc1. The highest BCUT2D eigenvalue weighted by atomic mass is 32.2. The number of hydrogen-bond donors (Lipinski definition) is 0. The van der Waals surface area contributed by atoms with Gasteiger partial charge in [-0.2, -0.15) is 4.31 Å². The fourth-order valence-corrected chi connectivity index (χ4v) is 6.96. The van der Waals surface area contributed by atoms with Gasteiger partial charge in [0.1, 0.15) is 0 Å². The van der Waals surface area contributed by atoms with Crippen LogP contribution in [-0.4, -0.2) is 44.9 Å². The maximum Gasteiger partial charge on any atom is 0.243 e. The van der Waals surface area contributed by atoms with Crippen molar-refractivity contribution < 1.29 is 21.6 Å². The van der Waals surface area contributed by atoms with Crippen LogP contribution in [0.15, 0.2) is 29.2 Å². The van der Waals surface area contributed by atoms with Crippen LogP contribution in [0.1, 0.15) is 39.5 Å². The first kappa shape index (κ1) is 18.3. The van der Waals surface area contributed by atoms with Gasteiger partial charge in [-0.1, -0.05) is 6.42 Å². The Hall–Kier alpha value is -1.45. The fourth-order valence-electron chi connectivity index (χ4n) is 3.62. The number of carbonyl (C=O) groups excluding carboxylic acids is 1. The van der Waals surface area contributed by atoms with Gasteiger partial charge >= 0.3 is 0 Å². The van der Waals surface area contributed by atoms with Gasteiger partial charge in [-0.05, 0) is 51.0 Å². The minimum Gasteiger partial charge on any atom is -0.273 e. The summed E-state index contributed by atoms with van der Waals surface area (Å²) < 4.78 is 52.1. The second-order valence-corrected chi connectivity index (χ2v) is 10.5. The maximum absolute atomic E-state index is 13.0. The number of rotatable bonds is 3. The average molecular weight is 386 g/mol.